The molecule has 0 spiro atoms. The van der Waals surface area contributed by atoms with Gasteiger partial charge in [-0.1, -0.05) is 33.6 Å². The van der Waals surface area contributed by atoms with Crippen molar-refractivity contribution in [2.24, 2.45) is 0 Å². The molecule has 0 saturated heterocycles. The van der Waals surface area contributed by atoms with Crippen LogP contribution in [0.4, 0.5) is 0 Å². The lowest BCUT2D eigenvalue weighted by atomic mass is 10.1. The van der Waals surface area contributed by atoms with E-state index in [0.29, 0.717) is 22.1 Å². The molecule has 21 heavy (non-hydrogen) atoms. The number of hydrogen-bond donors (Lipinski definition) is 1. The Kier molecular flexibility index (Phi) is 5.09. The van der Waals surface area contributed by atoms with E-state index >= 15 is 0 Å². The van der Waals surface area contributed by atoms with Gasteiger partial charge in [-0.15, -0.1) is 0 Å². The molecule has 0 unspecified atom stereocenters. The Morgan fingerprint density at radius 1 is 1.24 bits per heavy atom. The second-order valence-corrected chi connectivity index (χ2v) is 5.53. The minimum Gasteiger partial charge on any atom is -0.496 e. The summed E-state index contributed by atoms with van der Waals surface area (Å²) in [6.45, 7) is 0.209. The number of carboxylic acids is 1. The number of carboxylic acid groups (broad SMARTS) is 1. The monoisotopic (exact) mass is 370 g/mol. The molecule has 0 fully saturated rings. The summed E-state index contributed by atoms with van der Waals surface area (Å²) >= 11 is 9.37. The van der Waals surface area contributed by atoms with Crippen LogP contribution in [-0.4, -0.2) is 18.2 Å². The summed E-state index contributed by atoms with van der Waals surface area (Å²) in [5.74, 6) is -0.209. The molecule has 110 valence electrons. The molecule has 4 nitrogen and oxygen atoms in total. The van der Waals surface area contributed by atoms with E-state index in [1.807, 2.05) is 6.07 Å². The number of benzene rings is 2. The van der Waals surface area contributed by atoms with E-state index in [1.54, 1.807) is 24.3 Å². The topological polar surface area (TPSA) is 55.8 Å². The van der Waals surface area contributed by atoms with Crippen molar-refractivity contribution in [2.45, 2.75) is 6.61 Å². The quantitative estimate of drug-likeness (QED) is 0.847. The molecule has 2 rings (SSSR count). The first kappa shape index (κ1) is 15.7. The molecule has 0 aliphatic carbocycles. The number of methoxy groups -OCH3 is 1. The maximum absolute atomic E-state index is 11.2. The Labute approximate surface area is 135 Å². The van der Waals surface area contributed by atoms with Crippen LogP contribution >= 0.6 is 27.5 Å². The van der Waals surface area contributed by atoms with E-state index in [4.69, 9.17) is 26.2 Å². The molecule has 2 aromatic carbocycles. The summed E-state index contributed by atoms with van der Waals surface area (Å²) in [4.78, 5) is 11.2. The first-order chi connectivity index (χ1) is 10.0. The van der Waals surface area contributed by atoms with Crippen LogP contribution in [0.3, 0.4) is 0 Å². The third-order valence-corrected chi connectivity index (χ3v) is 3.59. The first-order valence-corrected chi connectivity index (χ1v) is 7.16. The highest BCUT2D eigenvalue weighted by molar-refractivity contribution is 9.10. The van der Waals surface area contributed by atoms with Crippen LogP contribution in [0.5, 0.6) is 11.5 Å². The largest absolute Gasteiger partial charge is 0.496 e. The van der Waals surface area contributed by atoms with Crippen LogP contribution in [0.2, 0.25) is 5.02 Å². The lowest BCUT2D eigenvalue weighted by Gasteiger charge is -2.10. The van der Waals surface area contributed by atoms with Crippen LogP contribution in [0.25, 0.3) is 0 Å². The minimum atomic E-state index is -1.05. The van der Waals surface area contributed by atoms with Gasteiger partial charge in [-0.2, -0.15) is 0 Å². The molecule has 0 atom stereocenters. The Bertz CT molecular complexity index is 673. The zero-order valence-electron chi connectivity index (χ0n) is 11.1. The van der Waals surface area contributed by atoms with Crippen molar-refractivity contribution in [3.05, 3.63) is 57.0 Å². The van der Waals surface area contributed by atoms with Crippen LogP contribution in [-0.2, 0) is 6.61 Å². The Morgan fingerprint density at radius 2 is 2.00 bits per heavy atom. The van der Waals surface area contributed by atoms with E-state index < -0.39 is 5.97 Å². The lowest BCUT2D eigenvalue weighted by Crippen LogP contribution is -2.03. The van der Waals surface area contributed by atoms with Gasteiger partial charge in [0.2, 0.25) is 0 Å². The van der Waals surface area contributed by atoms with Gasteiger partial charge < -0.3 is 14.6 Å². The fourth-order valence-electron chi connectivity index (χ4n) is 1.76. The number of ether oxygens (including phenoxy) is 2. The number of carbonyl (C=O) groups is 1. The Balaban J connectivity index is 2.18. The average Bonchev–Trinajstić information content (AvgIpc) is 2.47. The molecule has 0 saturated carbocycles. The van der Waals surface area contributed by atoms with Crippen molar-refractivity contribution in [1.82, 2.24) is 0 Å². The van der Waals surface area contributed by atoms with Crippen molar-refractivity contribution in [3.63, 3.8) is 0 Å². The molecule has 0 heterocycles. The fourth-order valence-corrected chi connectivity index (χ4v) is 2.27. The molecule has 1 N–H and O–H groups in total. The van der Waals surface area contributed by atoms with E-state index in [9.17, 15) is 4.79 Å². The van der Waals surface area contributed by atoms with Gasteiger partial charge in [0.05, 0.1) is 12.1 Å². The molecular weight excluding hydrogens is 360 g/mol. The second-order valence-electron chi connectivity index (χ2n) is 4.20. The highest BCUT2D eigenvalue weighted by Crippen LogP contribution is 2.29. The predicted molar refractivity (Wildman–Crippen MR) is 83.4 cm³/mol. The second kappa shape index (κ2) is 6.83. The summed E-state index contributed by atoms with van der Waals surface area (Å²) in [5.41, 5.74) is 0.809. The van der Waals surface area contributed by atoms with Crippen LogP contribution < -0.4 is 9.47 Å². The molecule has 0 amide bonds. The van der Waals surface area contributed by atoms with E-state index in [-0.39, 0.29) is 12.2 Å². The van der Waals surface area contributed by atoms with Gasteiger partial charge >= 0.3 is 5.97 Å². The highest BCUT2D eigenvalue weighted by atomic mass is 79.9. The van der Waals surface area contributed by atoms with Crippen molar-refractivity contribution in [3.8, 4) is 11.5 Å². The molecule has 2 aromatic rings. The van der Waals surface area contributed by atoms with Crippen molar-refractivity contribution in [1.29, 1.82) is 0 Å². The van der Waals surface area contributed by atoms with Gasteiger partial charge in [0.25, 0.3) is 0 Å². The molecule has 0 aromatic heterocycles. The molecule has 0 aliphatic rings. The van der Waals surface area contributed by atoms with Crippen molar-refractivity contribution >= 4 is 33.5 Å². The third kappa shape index (κ3) is 3.89. The smallest absolute Gasteiger partial charge is 0.339 e. The highest BCUT2D eigenvalue weighted by Gasteiger charge is 2.12. The lowest BCUT2D eigenvalue weighted by molar-refractivity contribution is 0.0693. The SMILES string of the molecule is COc1ccc(COc2cc(Br)ccc2Cl)cc1C(=O)O. The maximum atomic E-state index is 11.2. The fraction of sp³-hybridized carbons (Fsp3) is 0.133. The van der Waals surface area contributed by atoms with E-state index in [0.717, 1.165) is 4.47 Å². The van der Waals surface area contributed by atoms with Gasteiger partial charge in [-0.3, -0.25) is 0 Å². The van der Waals surface area contributed by atoms with Crippen molar-refractivity contribution < 1.29 is 19.4 Å². The number of hydrogen-bond acceptors (Lipinski definition) is 3. The average molecular weight is 372 g/mol. The third-order valence-electron chi connectivity index (χ3n) is 2.78. The molecule has 0 aliphatic heterocycles. The number of rotatable bonds is 5. The van der Waals surface area contributed by atoms with E-state index in [1.165, 1.54) is 13.2 Å². The Hall–Kier alpha value is -1.72. The molecule has 6 heteroatoms. The molecule has 0 radical (unpaired) electrons. The summed E-state index contributed by atoms with van der Waals surface area (Å²) in [6.07, 6.45) is 0. The van der Waals surface area contributed by atoms with Gasteiger partial charge in [0, 0.05) is 4.47 Å². The molecular formula is C15H12BrClO4. The zero-order valence-corrected chi connectivity index (χ0v) is 13.4. The number of halogens is 2. The van der Waals surface area contributed by atoms with Crippen LogP contribution in [0.15, 0.2) is 40.9 Å². The van der Waals surface area contributed by atoms with Gasteiger partial charge in [0.15, 0.2) is 0 Å². The van der Waals surface area contributed by atoms with E-state index in [2.05, 4.69) is 15.9 Å². The summed E-state index contributed by atoms with van der Waals surface area (Å²) in [6, 6.07) is 10.2. The predicted octanol–water partition coefficient (Wildman–Crippen LogP) is 4.39. The van der Waals surface area contributed by atoms with Crippen molar-refractivity contribution in [2.75, 3.05) is 7.11 Å². The van der Waals surface area contributed by atoms with Gasteiger partial charge in [0.1, 0.15) is 23.7 Å². The first-order valence-electron chi connectivity index (χ1n) is 5.99. The van der Waals surface area contributed by atoms with Crippen LogP contribution in [0.1, 0.15) is 15.9 Å². The number of aromatic carboxylic acids is 1. The summed E-state index contributed by atoms with van der Waals surface area (Å²) < 4.78 is 11.5. The standard InChI is InChI=1S/C15H12BrClO4/c1-20-13-5-2-9(6-11(13)15(18)19)8-21-14-7-10(16)3-4-12(14)17/h2-7H,8H2,1H3,(H,18,19). The molecule has 0 bridgehead atoms. The zero-order chi connectivity index (χ0) is 15.4. The Morgan fingerprint density at radius 3 is 2.67 bits per heavy atom. The maximum Gasteiger partial charge on any atom is 0.339 e. The summed E-state index contributed by atoms with van der Waals surface area (Å²) in [5, 5.41) is 9.63. The van der Waals surface area contributed by atoms with Gasteiger partial charge in [-0.25, -0.2) is 4.79 Å². The van der Waals surface area contributed by atoms with Gasteiger partial charge in [-0.05, 0) is 35.9 Å². The normalized spacial score (nSPS) is 10.2. The minimum absolute atomic E-state index is 0.0962. The van der Waals surface area contributed by atoms with Crippen LogP contribution in [0, 0.1) is 0 Å². The summed E-state index contributed by atoms with van der Waals surface area (Å²) in [7, 11) is 1.43.